The van der Waals surface area contributed by atoms with Crippen LogP contribution in [0.5, 0.6) is 0 Å². The van der Waals surface area contributed by atoms with Crippen LogP contribution in [0.3, 0.4) is 0 Å². The average Bonchev–Trinajstić information content (AvgIpc) is 2.87. The van der Waals surface area contributed by atoms with E-state index in [1.54, 1.807) is 0 Å². The Morgan fingerprint density at radius 1 is 1.08 bits per heavy atom. The summed E-state index contributed by atoms with van der Waals surface area (Å²) in [5.41, 5.74) is 5.83. The van der Waals surface area contributed by atoms with E-state index in [1.165, 1.54) is 22.9 Å². The third-order valence-corrected chi connectivity index (χ3v) is 4.76. The summed E-state index contributed by atoms with van der Waals surface area (Å²) in [6.45, 7) is 6.78. The second kappa shape index (κ2) is 7.05. The van der Waals surface area contributed by atoms with Gasteiger partial charge in [0, 0.05) is 0 Å². The number of nitrogens with zero attached hydrogens (tertiary/aromatic N) is 1. The van der Waals surface area contributed by atoms with Crippen LogP contribution in [-0.2, 0) is 11.3 Å². The largest absolute Gasteiger partial charge is 0.301 e. The number of hydrogen-bond acceptors (Lipinski definition) is 3. The Bertz CT molecular complexity index is 832. The molecule has 1 saturated heterocycles. The van der Waals surface area contributed by atoms with Crippen LogP contribution in [0.1, 0.15) is 27.8 Å². The van der Waals surface area contributed by atoms with Crippen molar-refractivity contribution in [3.8, 4) is 0 Å². The van der Waals surface area contributed by atoms with Crippen molar-refractivity contribution in [2.45, 2.75) is 27.3 Å². The highest BCUT2D eigenvalue weighted by Gasteiger charge is 2.23. The maximum atomic E-state index is 12.1. The van der Waals surface area contributed by atoms with Crippen molar-refractivity contribution in [2.24, 2.45) is 4.99 Å². The van der Waals surface area contributed by atoms with Crippen LogP contribution in [0.25, 0.3) is 6.08 Å². The van der Waals surface area contributed by atoms with Gasteiger partial charge in [-0.25, -0.2) is 0 Å². The van der Waals surface area contributed by atoms with Gasteiger partial charge in [-0.2, -0.15) is 0 Å². The first-order valence-corrected chi connectivity index (χ1v) is 8.71. The fourth-order valence-electron chi connectivity index (χ4n) is 2.71. The summed E-state index contributed by atoms with van der Waals surface area (Å²) in [7, 11) is 0. The number of amidine groups is 1. The molecule has 2 aromatic carbocycles. The molecule has 0 atom stereocenters. The van der Waals surface area contributed by atoms with Gasteiger partial charge in [0.25, 0.3) is 5.91 Å². The molecule has 1 aliphatic rings. The van der Waals surface area contributed by atoms with E-state index < -0.39 is 0 Å². The average molecular weight is 336 g/mol. The molecule has 1 heterocycles. The molecule has 0 radical (unpaired) electrons. The van der Waals surface area contributed by atoms with Crippen LogP contribution in [-0.4, -0.2) is 11.1 Å². The minimum atomic E-state index is -0.0811. The monoisotopic (exact) mass is 336 g/mol. The van der Waals surface area contributed by atoms with E-state index in [-0.39, 0.29) is 5.91 Å². The lowest BCUT2D eigenvalue weighted by atomic mass is 10.1. The molecule has 3 rings (SSSR count). The Balaban J connectivity index is 1.76. The zero-order valence-corrected chi connectivity index (χ0v) is 14.9. The molecular formula is C20H20N2OS. The highest BCUT2D eigenvalue weighted by molar-refractivity contribution is 8.18. The van der Waals surface area contributed by atoms with Gasteiger partial charge in [-0.3, -0.25) is 9.79 Å². The first kappa shape index (κ1) is 16.5. The third kappa shape index (κ3) is 3.95. The van der Waals surface area contributed by atoms with Crippen LogP contribution in [0.4, 0.5) is 0 Å². The van der Waals surface area contributed by atoms with Gasteiger partial charge in [0.1, 0.15) is 0 Å². The first-order chi connectivity index (χ1) is 11.5. The Morgan fingerprint density at radius 2 is 1.79 bits per heavy atom. The number of thioether (sulfide) groups is 1. The second-order valence-electron chi connectivity index (χ2n) is 6.04. The Morgan fingerprint density at radius 3 is 2.50 bits per heavy atom. The van der Waals surface area contributed by atoms with Crippen molar-refractivity contribution in [1.29, 1.82) is 0 Å². The molecule has 0 aliphatic carbocycles. The molecule has 1 N–H and O–H groups in total. The first-order valence-electron chi connectivity index (χ1n) is 7.89. The predicted molar refractivity (Wildman–Crippen MR) is 102 cm³/mol. The molecule has 0 unspecified atom stereocenters. The summed E-state index contributed by atoms with van der Waals surface area (Å²) in [4.78, 5) is 17.4. The van der Waals surface area contributed by atoms with Crippen LogP contribution in [0.2, 0.25) is 0 Å². The lowest BCUT2D eigenvalue weighted by molar-refractivity contribution is -0.115. The van der Waals surface area contributed by atoms with Gasteiger partial charge < -0.3 is 5.32 Å². The van der Waals surface area contributed by atoms with Crippen LogP contribution >= 0.6 is 11.8 Å². The smallest absolute Gasteiger partial charge is 0.264 e. The van der Waals surface area contributed by atoms with Crippen LogP contribution in [0.15, 0.2) is 52.4 Å². The third-order valence-electron chi connectivity index (χ3n) is 3.81. The Kier molecular flexibility index (Phi) is 4.86. The molecule has 0 aromatic heterocycles. The lowest BCUT2D eigenvalue weighted by Gasteiger charge is -2.02. The summed E-state index contributed by atoms with van der Waals surface area (Å²) < 4.78 is 0. The number of aliphatic imine (C=N–C) groups is 1. The quantitative estimate of drug-likeness (QED) is 0.846. The summed E-state index contributed by atoms with van der Waals surface area (Å²) in [5, 5.41) is 3.51. The topological polar surface area (TPSA) is 41.5 Å². The number of aryl methyl sites for hydroxylation is 3. The van der Waals surface area contributed by atoms with Gasteiger partial charge in [-0.05, 0) is 55.3 Å². The molecule has 3 nitrogen and oxygen atoms in total. The van der Waals surface area contributed by atoms with Gasteiger partial charge in [-0.1, -0.05) is 53.6 Å². The number of carbonyl (C=O) groups is 1. The summed E-state index contributed by atoms with van der Waals surface area (Å²) in [6, 6.07) is 14.4. The molecule has 4 heteroatoms. The Hall–Kier alpha value is -2.33. The molecular weight excluding hydrogens is 316 g/mol. The number of hydrogen-bond donors (Lipinski definition) is 1. The summed E-state index contributed by atoms with van der Waals surface area (Å²) in [5.74, 6) is -0.0811. The lowest BCUT2D eigenvalue weighted by Crippen LogP contribution is -2.19. The summed E-state index contributed by atoms with van der Waals surface area (Å²) in [6.07, 6.45) is 1.93. The maximum absolute atomic E-state index is 12.1. The van der Waals surface area contributed by atoms with E-state index in [0.29, 0.717) is 16.6 Å². The molecule has 1 aliphatic heterocycles. The zero-order valence-electron chi connectivity index (χ0n) is 14.1. The highest BCUT2D eigenvalue weighted by Crippen LogP contribution is 2.27. The van der Waals surface area contributed by atoms with E-state index in [0.717, 1.165) is 16.7 Å². The van der Waals surface area contributed by atoms with Crippen molar-refractivity contribution in [3.63, 3.8) is 0 Å². The maximum Gasteiger partial charge on any atom is 0.264 e. The zero-order chi connectivity index (χ0) is 17.1. The SMILES string of the molecule is Cc1cc(C)cc(CN=C2NC(=O)/C(=C/c3ccccc3C)S2)c1. The van der Waals surface area contributed by atoms with Crippen molar-refractivity contribution < 1.29 is 4.79 Å². The minimum absolute atomic E-state index is 0.0811. The molecule has 24 heavy (non-hydrogen) atoms. The Labute approximate surface area is 146 Å². The van der Waals surface area contributed by atoms with E-state index in [2.05, 4.69) is 42.4 Å². The second-order valence-corrected chi connectivity index (χ2v) is 7.07. The number of nitrogens with one attached hydrogen (secondary N) is 1. The number of benzene rings is 2. The van der Waals surface area contributed by atoms with Crippen LogP contribution in [0, 0.1) is 20.8 Å². The van der Waals surface area contributed by atoms with Crippen LogP contribution < -0.4 is 5.32 Å². The van der Waals surface area contributed by atoms with Crippen molar-refractivity contribution in [3.05, 3.63) is 75.2 Å². The molecule has 122 valence electrons. The van der Waals surface area contributed by atoms with E-state index in [1.807, 2.05) is 37.3 Å². The van der Waals surface area contributed by atoms with Gasteiger partial charge in [0.2, 0.25) is 0 Å². The van der Waals surface area contributed by atoms with Gasteiger partial charge >= 0.3 is 0 Å². The minimum Gasteiger partial charge on any atom is -0.301 e. The van der Waals surface area contributed by atoms with Crippen molar-refractivity contribution >= 4 is 28.9 Å². The number of carbonyl (C=O) groups excluding carboxylic acids is 1. The number of rotatable bonds is 3. The van der Waals surface area contributed by atoms with Crippen molar-refractivity contribution in [2.75, 3.05) is 0 Å². The molecule has 2 aromatic rings. The van der Waals surface area contributed by atoms with E-state index in [9.17, 15) is 4.79 Å². The normalized spacial score (nSPS) is 17.5. The van der Waals surface area contributed by atoms with E-state index in [4.69, 9.17) is 0 Å². The molecule has 0 saturated carbocycles. The standard InChI is InChI=1S/C20H20N2OS/c1-13-8-14(2)10-16(9-13)12-21-20-22-19(23)18(24-20)11-17-7-5-4-6-15(17)3/h4-11H,12H2,1-3H3,(H,21,22,23)/b18-11-. The van der Waals surface area contributed by atoms with E-state index >= 15 is 0 Å². The summed E-state index contributed by atoms with van der Waals surface area (Å²) >= 11 is 1.40. The molecule has 0 spiro atoms. The molecule has 1 amide bonds. The fourth-order valence-corrected chi connectivity index (χ4v) is 3.53. The fraction of sp³-hybridized carbons (Fsp3) is 0.200. The highest BCUT2D eigenvalue weighted by atomic mass is 32.2. The predicted octanol–water partition coefficient (Wildman–Crippen LogP) is 4.37. The molecule has 0 bridgehead atoms. The van der Waals surface area contributed by atoms with Crippen molar-refractivity contribution in [1.82, 2.24) is 5.32 Å². The van der Waals surface area contributed by atoms with Gasteiger partial charge in [0.15, 0.2) is 5.17 Å². The van der Waals surface area contributed by atoms with Gasteiger partial charge in [-0.15, -0.1) is 0 Å². The van der Waals surface area contributed by atoms with Gasteiger partial charge in [0.05, 0.1) is 11.4 Å². The molecule has 1 fully saturated rings. The number of amides is 1.